The monoisotopic (exact) mass is 562 g/mol. The molecule has 16 heteroatoms. The van der Waals surface area contributed by atoms with E-state index in [1.807, 2.05) is 0 Å². The highest BCUT2D eigenvalue weighted by atomic mass is 16.4. The second-order valence-corrected chi connectivity index (χ2v) is 8.89. The Bertz CT molecular complexity index is 1290. The van der Waals surface area contributed by atoms with Crippen molar-refractivity contribution in [2.45, 2.75) is 56.3 Å². The van der Waals surface area contributed by atoms with E-state index < -0.39 is 91.4 Å². The van der Waals surface area contributed by atoms with Crippen molar-refractivity contribution in [2.75, 3.05) is 0 Å². The lowest BCUT2D eigenvalue weighted by molar-refractivity contribution is -0.147. The number of para-hydroxylation sites is 1. The number of aromatic nitrogens is 1. The summed E-state index contributed by atoms with van der Waals surface area (Å²) in [6.45, 7) is 0. The second kappa shape index (κ2) is 14.2. The number of nitrogens with two attached hydrogens (primary N) is 2. The molecule has 16 nitrogen and oxygen atoms in total. The van der Waals surface area contributed by atoms with Crippen LogP contribution in [0.4, 0.5) is 0 Å². The van der Waals surface area contributed by atoms with E-state index in [1.54, 1.807) is 30.5 Å². The number of primary amides is 1. The van der Waals surface area contributed by atoms with Crippen LogP contribution < -0.4 is 27.4 Å². The molecule has 0 saturated carbocycles. The number of carboxylic acid groups (broad SMARTS) is 3. The van der Waals surface area contributed by atoms with Crippen LogP contribution in [0.1, 0.15) is 31.2 Å². The van der Waals surface area contributed by atoms with E-state index in [2.05, 4.69) is 20.9 Å². The molecule has 4 unspecified atom stereocenters. The van der Waals surface area contributed by atoms with Gasteiger partial charge in [0.2, 0.25) is 23.6 Å². The fraction of sp³-hybridized carbons (Fsp3) is 0.375. The van der Waals surface area contributed by atoms with Crippen molar-refractivity contribution in [3.05, 3.63) is 36.0 Å². The van der Waals surface area contributed by atoms with E-state index in [4.69, 9.17) is 21.7 Å². The van der Waals surface area contributed by atoms with E-state index in [1.165, 1.54) is 0 Å². The van der Waals surface area contributed by atoms with Gasteiger partial charge in [0.1, 0.15) is 18.1 Å². The van der Waals surface area contributed by atoms with Crippen molar-refractivity contribution >= 4 is 52.4 Å². The zero-order valence-corrected chi connectivity index (χ0v) is 21.1. The number of fused-ring (bicyclic) bond motifs is 1. The van der Waals surface area contributed by atoms with Crippen LogP contribution in [0.3, 0.4) is 0 Å². The molecule has 0 aliphatic carbocycles. The Hall–Kier alpha value is -4.99. The molecule has 216 valence electrons. The summed E-state index contributed by atoms with van der Waals surface area (Å²) in [4.78, 5) is 86.5. The predicted molar refractivity (Wildman–Crippen MR) is 136 cm³/mol. The van der Waals surface area contributed by atoms with Crippen LogP contribution in [0.2, 0.25) is 0 Å². The molecule has 11 N–H and O–H groups in total. The van der Waals surface area contributed by atoms with Gasteiger partial charge in [-0.05, 0) is 18.1 Å². The summed E-state index contributed by atoms with van der Waals surface area (Å²) in [5, 5.41) is 34.8. The highest BCUT2D eigenvalue weighted by Crippen LogP contribution is 2.19. The summed E-state index contributed by atoms with van der Waals surface area (Å²) < 4.78 is 0. The van der Waals surface area contributed by atoms with Gasteiger partial charge in [0, 0.05) is 29.9 Å². The molecule has 4 atom stereocenters. The first-order valence-corrected chi connectivity index (χ1v) is 11.9. The fourth-order valence-electron chi connectivity index (χ4n) is 3.77. The van der Waals surface area contributed by atoms with Crippen LogP contribution in [-0.2, 0) is 40.0 Å². The third-order valence-electron chi connectivity index (χ3n) is 5.76. The van der Waals surface area contributed by atoms with Gasteiger partial charge in [0.15, 0.2) is 0 Å². The Balaban J connectivity index is 2.34. The number of benzene rings is 1. The van der Waals surface area contributed by atoms with Gasteiger partial charge in [-0.2, -0.15) is 0 Å². The van der Waals surface area contributed by atoms with Crippen LogP contribution >= 0.6 is 0 Å². The van der Waals surface area contributed by atoms with Crippen LogP contribution in [0.25, 0.3) is 10.9 Å². The summed E-state index contributed by atoms with van der Waals surface area (Å²) >= 11 is 0. The molecule has 0 fully saturated rings. The molecule has 0 aliphatic heterocycles. The minimum absolute atomic E-state index is 0.193. The van der Waals surface area contributed by atoms with Gasteiger partial charge < -0.3 is 47.7 Å². The first-order valence-electron chi connectivity index (χ1n) is 11.9. The molecule has 0 aliphatic rings. The number of aromatic amines is 1. The van der Waals surface area contributed by atoms with E-state index in [0.717, 1.165) is 0 Å². The molecule has 0 saturated heterocycles. The average molecular weight is 563 g/mol. The summed E-state index contributed by atoms with van der Waals surface area (Å²) in [5.74, 6) is -8.32. The Morgan fingerprint density at radius 2 is 1.40 bits per heavy atom. The van der Waals surface area contributed by atoms with Gasteiger partial charge >= 0.3 is 17.9 Å². The van der Waals surface area contributed by atoms with Gasteiger partial charge in [0.05, 0.1) is 18.9 Å². The molecule has 4 amide bonds. The highest BCUT2D eigenvalue weighted by molar-refractivity contribution is 5.96. The molecule has 0 bridgehead atoms. The number of aliphatic carboxylic acids is 3. The van der Waals surface area contributed by atoms with Gasteiger partial charge in [-0.1, -0.05) is 18.2 Å². The van der Waals surface area contributed by atoms with Crippen LogP contribution in [0.15, 0.2) is 30.5 Å². The maximum absolute atomic E-state index is 13.2. The number of hydrogen-bond acceptors (Lipinski definition) is 8. The zero-order chi connectivity index (χ0) is 30.0. The van der Waals surface area contributed by atoms with Gasteiger partial charge in [-0.15, -0.1) is 0 Å². The smallest absolute Gasteiger partial charge is 0.326 e. The van der Waals surface area contributed by atoms with Crippen LogP contribution in [-0.4, -0.2) is 86.0 Å². The van der Waals surface area contributed by atoms with Crippen LogP contribution in [0, 0.1) is 0 Å². The second-order valence-electron chi connectivity index (χ2n) is 8.89. The van der Waals surface area contributed by atoms with Gasteiger partial charge in [-0.3, -0.25) is 28.8 Å². The number of amides is 4. The minimum atomic E-state index is -1.82. The molecular weight excluding hydrogens is 532 g/mol. The molecule has 1 aromatic carbocycles. The normalized spacial score (nSPS) is 13.8. The summed E-state index contributed by atoms with van der Waals surface area (Å²) in [5.41, 5.74) is 11.9. The Morgan fingerprint density at radius 1 is 0.800 bits per heavy atom. The van der Waals surface area contributed by atoms with Crippen molar-refractivity contribution in [1.29, 1.82) is 0 Å². The maximum atomic E-state index is 13.2. The lowest BCUT2D eigenvalue weighted by Gasteiger charge is -2.25. The number of H-pyrrole nitrogens is 1. The number of carboxylic acids is 3. The molecule has 2 rings (SSSR count). The molecule has 1 heterocycles. The Morgan fingerprint density at radius 3 is 2.00 bits per heavy atom. The van der Waals surface area contributed by atoms with Crippen molar-refractivity contribution in [3.63, 3.8) is 0 Å². The van der Waals surface area contributed by atoms with E-state index in [-0.39, 0.29) is 6.42 Å². The van der Waals surface area contributed by atoms with E-state index in [9.17, 15) is 38.7 Å². The number of rotatable bonds is 16. The van der Waals surface area contributed by atoms with Crippen LogP contribution in [0.5, 0.6) is 0 Å². The first-order chi connectivity index (χ1) is 18.8. The molecule has 40 heavy (non-hydrogen) atoms. The average Bonchev–Trinajstić information content (AvgIpc) is 3.27. The van der Waals surface area contributed by atoms with Crippen molar-refractivity contribution in [1.82, 2.24) is 20.9 Å². The molecular formula is C24H30N6O10. The maximum Gasteiger partial charge on any atom is 0.326 e. The third-order valence-corrected chi connectivity index (χ3v) is 5.76. The summed E-state index contributed by atoms with van der Waals surface area (Å²) in [6.07, 6.45) is -1.11. The minimum Gasteiger partial charge on any atom is -0.481 e. The van der Waals surface area contributed by atoms with Gasteiger partial charge in [-0.25, -0.2) is 4.79 Å². The number of carbonyl (C=O) groups is 7. The molecule has 0 radical (unpaired) electrons. The first kappa shape index (κ1) is 31.2. The lowest BCUT2D eigenvalue weighted by Crippen LogP contribution is -2.58. The largest absolute Gasteiger partial charge is 0.481 e. The van der Waals surface area contributed by atoms with Crippen molar-refractivity contribution in [2.24, 2.45) is 11.5 Å². The number of hydrogen-bond donors (Lipinski definition) is 9. The predicted octanol–water partition coefficient (Wildman–Crippen LogP) is -2.21. The number of carbonyl (C=O) groups excluding carboxylic acids is 4. The topological polar surface area (TPSA) is 284 Å². The quantitative estimate of drug-likeness (QED) is 0.106. The van der Waals surface area contributed by atoms with Crippen molar-refractivity contribution in [3.8, 4) is 0 Å². The summed E-state index contributed by atoms with van der Waals surface area (Å²) in [6, 6.07) is 0.729. The molecule has 1 aromatic heterocycles. The molecule has 0 spiro atoms. The Labute approximate surface area is 226 Å². The zero-order valence-electron chi connectivity index (χ0n) is 21.1. The Kier molecular flexibility index (Phi) is 11.1. The lowest BCUT2D eigenvalue weighted by atomic mass is 10.0. The van der Waals surface area contributed by atoms with Gasteiger partial charge in [0.25, 0.3) is 0 Å². The number of nitrogens with one attached hydrogen (secondary N) is 4. The van der Waals surface area contributed by atoms with E-state index >= 15 is 0 Å². The third kappa shape index (κ3) is 9.39. The summed E-state index contributed by atoms with van der Waals surface area (Å²) in [7, 11) is 0. The van der Waals surface area contributed by atoms with E-state index in [0.29, 0.717) is 16.5 Å². The molecule has 2 aromatic rings. The highest BCUT2D eigenvalue weighted by Gasteiger charge is 2.32. The van der Waals surface area contributed by atoms with Crippen molar-refractivity contribution < 1.29 is 48.9 Å². The fourth-order valence-corrected chi connectivity index (χ4v) is 3.77. The standard InChI is InChI=1S/C24H30N6O10/c25-13(8-18(26)31)21(36)28-15(5-6-19(32)33)22(37)29-16(23(38)30-17(24(39)40)9-20(34)35)7-11-10-27-14-4-2-1-3-12(11)14/h1-4,10,13,15-17,27H,5-9,25H2,(H2,26,31)(H,28,36)(H,29,37)(H,30,38)(H,32,33)(H,34,35)(H,39,40). The SMILES string of the molecule is NC(=O)CC(N)C(=O)NC(CCC(=O)O)C(=O)NC(Cc1c[nH]c2ccccc12)C(=O)NC(CC(=O)O)C(=O)O.